The minimum Gasteiger partial charge on any atom is -0.439 e. The fraction of sp³-hybridized carbons (Fsp3) is 0.125. The lowest BCUT2D eigenvalue weighted by Gasteiger charge is -2.14. The highest BCUT2D eigenvalue weighted by Gasteiger charge is 2.30. The van der Waals surface area contributed by atoms with Gasteiger partial charge in [0, 0.05) is 37.0 Å². The van der Waals surface area contributed by atoms with Crippen LogP contribution in [0.15, 0.2) is 78.2 Å². The Bertz CT molecular complexity index is 1530. The third-order valence-electron chi connectivity index (χ3n) is 5.49. The minimum atomic E-state index is -3.90. The van der Waals surface area contributed by atoms with Gasteiger partial charge in [-0.3, -0.25) is 23.8 Å². The van der Waals surface area contributed by atoms with Crippen LogP contribution in [0.5, 0.6) is 11.6 Å². The molecule has 0 radical (unpaired) electrons. The molecule has 1 saturated heterocycles. The molecular weight excluding hydrogens is 484 g/mol. The van der Waals surface area contributed by atoms with E-state index in [9.17, 15) is 18.0 Å². The largest absolute Gasteiger partial charge is 0.439 e. The van der Waals surface area contributed by atoms with E-state index in [-0.39, 0.29) is 29.6 Å². The Hall–Kier alpha value is -4.58. The number of anilines is 2. The Morgan fingerprint density at radius 1 is 0.917 bits per heavy atom. The van der Waals surface area contributed by atoms with Crippen LogP contribution in [0.25, 0.3) is 5.82 Å². The van der Waals surface area contributed by atoms with Crippen LogP contribution in [0.3, 0.4) is 0 Å². The number of sulfonamides is 1. The van der Waals surface area contributed by atoms with E-state index < -0.39 is 10.0 Å². The van der Waals surface area contributed by atoms with Gasteiger partial charge in [0.1, 0.15) is 23.7 Å². The van der Waals surface area contributed by atoms with Gasteiger partial charge in [-0.2, -0.15) is 0 Å². The summed E-state index contributed by atoms with van der Waals surface area (Å²) < 4.78 is 35.7. The summed E-state index contributed by atoms with van der Waals surface area (Å²) in [7, 11) is -3.90. The molecule has 0 aliphatic carbocycles. The average molecular weight is 505 g/mol. The Morgan fingerprint density at radius 3 is 2.25 bits per heavy atom. The molecule has 2 amide bonds. The van der Waals surface area contributed by atoms with Crippen LogP contribution in [0.4, 0.5) is 11.4 Å². The van der Waals surface area contributed by atoms with Gasteiger partial charge in [0.25, 0.3) is 10.0 Å². The maximum Gasteiger partial charge on any atom is 0.261 e. The highest BCUT2D eigenvalue weighted by atomic mass is 32.2. The number of hydrogen-bond donors (Lipinski definition) is 1. The van der Waals surface area contributed by atoms with Crippen molar-refractivity contribution in [3.63, 3.8) is 0 Å². The quantitative estimate of drug-likeness (QED) is 0.379. The van der Waals surface area contributed by atoms with Gasteiger partial charge in [-0.1, -0.05) is 0 Å². The van der Waals surface area contributed by atoms with Gasteiger partial charge in [0.15, 0.2) is 0 Å². The Kier molecular flexibility index (Phi) is 5.94. The van der Waals surface area contributed by atoms with Crippen LogP contribution in [0.2, 0.25) is 0 Å². The molecule has 2 aromatic carbocycles. The molecule has 3 heterocycles. The van der Waals surface area contributed by atoms with Crippen LogP contribution in [0, 0.1) is 6.92 Å². The lowest BCUT2D eigenvalue weighted by molar-refractivity contribution is -0.121. The molecule has 0 saturated carbocycles. The third-order valence-corrected chi connectivity index (χ3v) is 6.88. The molecule has 1 aliphatic rings. The van der Waals surface area contributed by atoms with Crippen molar-refractivity contribution in [2.45, 2.75) is 24.7 Å². The summed E-state index contributed by atoms with van der Waals surface area (Å²) in [6.45, 7) is 1.85. The van der Waals surface area contributed by atoms with E-state index in [0.717, 1.165) is 10.7 Å². The zero-order valence-corrected chi connectivity index (χ0v) is 19.8. The van der Waals surface area contributed by atoms with Gasteiger partial charge in [-0.15, -0.1) is 0 Å². The van der Waals surface area contributed by atoms with Crippen molar-refractivity contribution >= 4 is 33.2 Å². The smallest absolute Gasteiger partial charge is 0.261 e. The molecule has 12 heteroatoms. The summed E-state index contributed by atoms with van der Waals surface area (Å²) >= 11 is 0. The number of nitrogens with one attached hydrogen (secondary N) is 1. The third kappa shape index (κ3) is 4.66. The number of rotatable bonds is 7. The second-order valence-electron chi connectivity index (χ2n) is 7.91. The summed E-state index contributed by atoms with van der Waals surface area (Å²) in [5.74, 6) is 1.54. The number of nitrogens with zero attached hydrogens (tertiary/aromatic N) is 5. The first-order valence-electron chi connectivity index (χ1n) is 10.9. The van der Waals surface area contributed by atoms with Gasteiger partial charge in [0.2, 0.25) is 17.7 Å². The lowest BCUT2D eigenvalue weighted by Crippen LogP contribution is -2.28. The molecule has 5 rings (SSSR count). The Morgan fingerprint density at radius 2 is 1.61 bits per heavy atom. The van der Waals surface area contributed by atoms with E-state index in [4.69, 9.17) is 4.74 Å². The maximum atomic E-state index is 12.8. The van der Waals surface area contributed by atoms with E-state index in [0.29, 0.717) is 28.8 Å². The normalized spacial score (nSPS) is 13.8. The highest BCUT2D eigenvalue weighted by molar-refractivity contribution is 7.92. The summed E-state index contributed by atoms with van der Waals surface area (Å²) in [4.78, 5) is 37.4. The van der Waals surface area contributed by atoms with E-state index in [1.807, 2.05) is 6.92 Å². The standard InChI is InChI=1S/C24H20N6O5S/c1-16-25-12-13-29(16)21-14-22(27-15-26-21)35-19-6-2-17(3-7-19)28-36(33,34)20-8-4-18(5-9-20)30-23(31)10-11-24(30)32/h2-9,12-15,28H,10-11H2,1H3. The monoisotopic (exact) mass is 504 g/mol. The van der Waals surface area contributed by atoms with Crippen molar-refractivity contribution < 1.29 is 22.7 Å². The highest BCUT2D eigenvalue weighted by Crippen LogP contribution is 2.26. The maximum absolute atomic E-state index is 12.8. The molecule has 2 aromatic heterocycles. The Balaban J connectivity index is 1.27. The average Bonchev–Trinajstić information content (AvgIpc) is 3.45. The molecule has 1 aliphatic heterocycles. The van der Waals surface area contributed by atoms with Crippen LogP contribution >= 0.6 is 0 Å². The molecular formula is C24H20N6O5S. The molecule has 182 valence electrons. The number of imide groups is 1. The van der Waals surface area contributed by atoms with Crippen LogP contribution in [-0.4, -0.2) is 39.8 Å². The fourth-order valence-corrected chi connectivity index (χ4v) is 4.76. The number of carbonyl (C=O) groups is 2. The van der Waals surface area contributed by atoms with Crippen molar-refractivity contribution in [2.24, 2.45) is 0 Å². The predicted molar refractivity (Wildman–Crippen MR) is 129 cm³/mol. The van der Waals surface area contributed by atoms with Crippen LogP contribution in [0.1, 0.15) is 18.7 Å². The fourth-order valence-electron chi connectivity index (χ4n) is 3.70. The molecule has 36 heavy (non-hydrogen) atoms. The zero-order chi connectivity index (χ0) is 25.3. The summed E-state index contributed by atoms with van der Waals surface area (Å²) in [6, 6.07) is 13.6. The SMILES string of the molecule is Cc1nccn1-c1cc(Oc2ccc(NS(=O)(=O)c3ccc(N4C(=O)CCC4=O)cc3)cc2)ncn1. The van der Waals surface area contributed by atoms with E-state index in [2.05, 4.69) is 19.7 Å². The minimum absolute atomic E-state index is 0.00557. The molecule has 0 unspecified atom stereocenters. The van der Waals surface area contributed by atoms with Crippen LogP contribution in [-0.2, 0) is 19.6 Å². The van der Waals surface area contributed by atoms with Crippen molar-refractivity contribution in [3.05, 3.63) is 79.1 Å². The summed E-state index contributed by atoms with van der Waals surface area (Å²) in [5.41, 5.74) is 0.674. The van der Waals surface area contributed by atoms with Gasteiger partial charge in [-0.05, 0) is 55.5 Å². The molecule has 0 bridgehead atoms. The Labute approximate surface area is 206 Å². The lowest BCUT2D eigenvalue weighted by atomic mass is 10.3. The van der Waals surface area contributed by atoms with E-state index in [1.54, 1.807) is 47.3 Å². The summed E-state index contributed by atoms with van der Waals surface area (Å²) in [5, 5.41) is 0. The number of aromatic nitrogens is 4. The number of carbonyl (C=O) groups excluding carboxylic acids is 2. The van der Waals surface area contributed by atoms with Gasteiger partial charge in [-0.25, -0.2) is 23.4 Å². The van der Waals surface area contributed by atoms with Crippen LogP contribution < -0.4 is 14.4 Å². The van der Waals surface area contributed by atoms with Gasteiger partial charge >= 0.3 is 0 Å². The topological polar surface area (TPSA) is 136 Å². The molecule has 0 atom stereocenters. The molecule has 1 fully saturated rings. The summed E-state index contributed by atoms with van der Waals surface area (Å²) in [6.07, 6.45) is 5.14. The van der Waals surface area contributed by atoms with Crippen molar-refractivity contribution in [1.29, 1.82) is 0 Å². The van der Waals surface area contributed by atoms with Gasteiger partial charge < -0.3 is 4.74 Å². The van der Waals surface area contributed by atoms with Crippen molar-refractivity contribution in [1.82, 2.24) is 19.5 Å². The first kappa shape index (κ1) is 23.2. The van der Waals surface area contributed by atoms with Crippen molar-refractivity contribution in [2.75, 3.05) is 9.62 Å². The number of ether oxygens (including phenoxy) is 1. The number of imidazole rings is 1. The van der Waals surface area contributed by atoms with Gasteiger partial charge in [0.05, 0.1) is 10.6 Å². The number of amides is 2. The second-order valence-corrected chi connectivity index (χ2v) is 9.59. The van der Waals surface area contributed by atoms with E-state index >= 15 is 0 Å². The number of hydrogen-bond acceptors (Lipinski definition) is 8. The first-order chi connectivity index (χ1) is 17.3. The molecule has 0 spiro atoms. The molecule has 4 aromatic rings. The number of aryl methyl sites for hydroxylation is 1. The molecule has 1 N–H and O–H groups in total. The predicted octanol–water partition coefficient (Wildman–Crippen LogP) is 3.22. The first-order valence-corrected chi connectivity index (χ1v) is 12.4. The number of benzene rings is 2. The van der Waals surface area contributed by atoms with E-state index in [1.165, 1.54) is 30.6 Å². The zero-order valence-electron chi connectivity index (χ0n) is 19.0. The molecule has 11 nitrogen and oxygen atoms in total. The van der Waals surface area contributed by atoms with Crippen molar-refractivity contribution in [3.8, 4) is 17.4 Å². The second kappa shape index (κ2) is 9.23.